The smallest absolute Gasteiger partial charge is 0.102 e. The summed E-state index contributed by atoms with van der Waals surface area (Å²) in [4.78, 5) is 0. The molecule has 0 fully saturated rings. The van der Waals surface area contributed by atoms with Crippen LogP contribution in [-0.2, 0) is 4.74 Å². The Hall–Kier alpha value is -0.130. The van der Waals surface area contributed by atoms with Gasteiger partial charge in [-0.25, -0.2) is 0 Å². The summed E-state index contributed by atoms with van der Waals surface area (Å²) in [7, 11) is 0. The van der Waals surface area contributed by atoms with Gasteiger partial charge in [-0.2, -0.15) is 0 Å². The van der Waals surface area contributed by atoms with E-state index in [1.165, 1.54) is 3.57 Å². The second-order valence-corrected chi connectivity index (χ2v) is 3.97. The van der Waals surface area contributed by atoms with Crippen LogP contribution < -0.4 is 0 Å². The Morgan fingerprint density at radius 3 is 2.54 bits per heavy atom. The first kappa shape index (κ1) is 10.9. The summed E-state index contributed by atoms with van der Waals surface area (Å²) in [5.41, 5.74) is 0.911. The predicted molar refractivity (Wildman–Crippen MR) is 60.6 cm³/mol. The van der Waals surface area contributed by atoms with E-state index < -0.39 is 6.10 Å². The molecule has 0 aromatic heterocycles. The van der Waals surface area contributed by atoms with Gasteiger partial charge in [0.1, 0.15) is 6.10 Å². The molecule has 13 heavy (non-hydrogen) atoms. The van der Waals surface area contributed by atoms with Crippen molar-refractivity contribution in [2.24, 2.45) is 0 Å². The summed E-state index contributed by atoms with van der Waals surface area (Å²) in [6.07, 6.45) is -0.503. The summed E-state index contributed by atoms with van der Waals surface area (Å²) in [6.45, 7) is 2.93. The Kier molecular flexibility index (Phi) is 4.69. The number of halogens is 1. The molecule has 1 rings (SSSR count). The van der Waals surface area contributed by atoms with Gasteiger partial charge in [-0.15, -0.1) is 0 Å². The quantitative estimate of drug-likeness (QED) is 0.863. The van der Waals surface area contributed by atoms with Crippen LogP contribution in [0.5, 0.6) is 0 Å². The first-order valence-corrected chi connectivity index (χ1v) is 5.33. The van der Waals surface area contributed by atoms with Crippen molar-refractivity contribution in [1.29, 1.82) is 0 Å². The van der Waals surface area contributed by atoms with E-state index in [0.717, 1.165) is 5.56 Å². The molecular formula is C10H13IO2. The van der Waals surface area contributed by atoms with Crippen LogP contribution >= 0.6 is 22.6 Å². The van der Waals surface area contributed by atoms with Crippen molar-refractivity contribution >= 4 is 22.6 Å². The number of hydrogen-bond donors (Lipinski definition) is 1. The van der Waals surface area contributed by atoms with Crippen molar-refractivity contribution in [3.63, 3.8) is 0 Å². The minimum Gasteiger partial charge on any atom is -0.386 e. The molecule has 0 saturated heterocycles. The topological polar surface area (TPSA) is 29.5 Å². The number of hydrogen-bond acceptors (Lipinski definition) is 2. The highest BCUT2D eigenvalue weighted by Gasteiger charge is 2.05. The predicted octanol–water partition coefficient (Wildman–Crippen LogP) is 2.36. The SMILES string of the molecule is CCOCC(O)c1ccc(I)cc1. The van der Waals surface area contributed by atoms with Crippen molar-refractivity contribution < 1.29 is 9.84 Å². The largest absolute Gasteiger partial charge is 0.386 e. The summed E-state index contributed by atoms with van der Waals surface area (Å²) in [5, 5.41) is 9.62. The van der Waals surface area contributed by atoms with Crippen molar-refractivity contribution in [2.45, 2.75) is 13.0 Å². The van der Waals surface area contributed by atoms with Crippen LogP contribution in [0.3, 0.4) is 0 Å². The van der Waals surface area contributed by atoms with Crippen LogP contribution in [0.4, 0.5) is 0 Å². The monoisotopic (exact) mass is 292 g/mol. The molecular weight excluding hydrogens is 279 g/mol. The number of benzene rings is 1. The van der Waals surface area contributed by atoms with Gasteiger partial charge in [-0.3, -0.25) is 0 Å². The fraction of sp³-hybridized carbons (Fsp3) is 0.400. The van der Waals surface area contributed by atoms with Gasteiger partial charge < -0.3 is 9.84 Å². The maximum atomic E-state index is 9.62. The van der Waals surface area contributed by atoms with E-state index in [9.17, 15) is 5.11 Å². The van der Waals surface area contributed by atoms with E-state index in [1.54, 1.807) is 0 Å². The van der Waals surface area contributed by atoms with Crippen LogP contribution in [0.2, 0.25) is 0 Å². The third-order valence-corrected chi connectivity index (χ3v) is 2.45. The molecule has 72 valence electrons. The molecule has 2 nitrogen and oxygen atoms in total. The second kappa shape index (κ2) is 5.57. The van der Waals surface area contributed by atoms with E-state index in [0.29, 0.717) is 13.2 Å². The van der Waals surface area contributed by atoms with Crippen molar-refractivity contribution in [1.82, 2.24) is 0 Å². The second-order valence-electron chi connectivity index (χ2n) is 2.73. The lowest BCUT2D eigenvalue weighted by molar-refractivity contribution is 0.0420. The van der Waals surface area contributed by atoms with Crippen LogP contribution in [0.15, 0.2) is 24.3 Å². The van der Waals surface area contributed by atoms with E-state index >= 15 is 0 Å². The fourth-order valence-corrected chi connectivity index (χ4v) is 1.37. The summed E-state index contributed by atoms with van der Waals surface area (Å²) < 4.78 is 6.30. The molecule has 1 unspecified atom stereocenters. The lowest BCUT2D eigenvalue weighted by Crippen LogP contribution is -2.06. The molecule has 1 aromatic rings. The van der Waals surface area contributed by atoms with Gasteiger partial charge in [0.15, 0.2) is 0 Å². The summed E-state index contributed by atoms with van der Waals surface area (Å²) in [6, 6.07) is 7.80. The Bertz CT molecular complexity index is 246. The molecule has 0 saturated carbocycles. The zero-order valence-corrected chi connectivity index (χ0v) is 9.69. The van der Waals surface area contributed by atoms with E-state index in [1.807, 2.05) is 31.2 Å². The van der Waals surface area contributed by atoms with Gasteiger partial charge in [0, 0.05) is 10.2 Å². The van der Waals surface area contributed by atoms with Gasteiger partial charge in [-0.1, -0.05) is 12.1 Å². The van der Waals surface area contributed by atoms with Gasteiger partial charge in [0.05, 0.1) is 6.61 Å². The Balaban J connectivity index is 2.55. The molecule has 0 aliphatic rings. The average molecular weight is 292 g/mol. The first-order chi connectivity index (χ1) is 6.24. The molecule has 1 atom stereocenters. The Morgan fingerprint density at radius 1 is 1.38 bits per heavy atom. The van der Waals surface area contributed by atoms with Crippen LogP contribution in [0.1, 0.15) is 18.6 Å². The normalized spacial score (nSPS) is 12.8. The Labute approximate surface area is 92.1 Å². The molecule has 0 spiro atoms. The average Bonchev–Trinajstić information content (AvgIpc) is 2.15. The summed E-state index contributed by atoms with van der Waals surface area (Å²) in [5.74, 6) is 0. The molecule has 1 N–H and O–H groups in total. The molecule has 0 bridgehead atoms. The third-order valence-electron chi connectivity index (χ3n) is 1.73. The molecule has 0 amide bonds. The van der Waals surface area contributed by atoms with E-state index in [2.05, 4.69) is 22.6 Å². The van der Waals surface area contributed by atoms with Crippen molar-refractivity contribution in [2.75, 3.05) is 13.2 Å². The minimum atomic E-state index is -0.503. The van der Waals surface area contributed by atoms with Gasteiger partial charge in [0.2, 0.25) is 0 Å². The molecule has 0 heterocycles. The first-order valence-electron chi connectivity index (χ1n) is 4.25. The van der Waals surface area contributed by atoms with E-state index in [4.69, 9.17) is 4.74 Å². The minimum absolute atomic E-state index is 0.372. The number of aliphatic hydroxyl groups excluding tert-OH is 1. The fourth-order valence-electron chi connectivity index (χ4n) is 1.01. The molecule has 0 radical (unpaired) electrons. The van der Waals surface area contributed by atoms with Crippen LogP contribution in [0, 0.1) is 3.57 Å². The third kappa shape index (κ3) is 3.62. The molecule has 3 heteroatoms. The summed E-state index contributed by atoms with van der Waals surface area (Å²) >= 11 is 2.24. The highest BCUT2D eigenvalue weighted by molar-refractivity contribution is 14.1. The van der Waals surface area contributed by atoms with Crippen molar-refractivity contribution in [3.8, 4) is 0 Å². The van der Waals surface area contributed by atoms with Gasteiger partial charge in [0.25, 0.3) is 0 Å². The molecule has 0 aliphatic carbocycles. The highest BCUT2D eigenvalue weighted by Crippen LogP contribution is 2.14. The number of rotatable bonds is 4. The van der Waals surface area contributed by atoms with Crippen LogP contribution in [0.25, 0.3) is 0 Å². The highest BCUT2D eigenvalue weighted by atomic mass is 127. The number of ether oxygens (including phenoxy) is 1. The van der Waals surface area contributed by atoms with Crippen LogP contribution in [-0.4, -0.2) is 18.3 Å². The Morgan fingerprint density at radius 2 is 2.00 bits per heavy atom. The standard InChI is InChI=1S/C10H13IO2/c1-2-13-7-10(12)8-3-5-9(11)6-4-8/h3-6,10,12H,2,7H2,1H3. The zero-order chi connectivity index (χ0) is 9.68. The lowest BCUT2D eigenvalue weighted by atomic mass is 10.1. The molecule has 1 aromatic carbocycles. The zero-order valence-electron chi connectivity index (χ0n) is 7.53. The van der Waals surface area contributed by atoms with Gasteiger partial charge >= 0.3 is 0 Å². The lowest BCUT2D eigenvalue weighted by Gasteiger charge is -2.10. The maximum absolute atomic E-state index is 9.62. The molecule has 0 aliphatic heterocycles. The maximum Gasteiger partial charge on any atom is 0.102 e. The van der Waals surface area contributed by atoms with Gasteiger partial charge in [-0.05, 0) is 47.2 Å². The van der Waals surface area contributed by atoms with E-state index in [-0.39, 0.29) is 0 Å². The van der Waals surface area contributed by atoms with Crippen molar-refractivity contribution in [3.05, 3.63) is 33.4 Å². The number of aliphatic hydroxyl groups is 1.